The van der Waals surface area contributed by atoms with Crippen molar-refractivity contribution in [2.75, 3.05) is 14.2 Å². The average Bonchev–Trinajstić information content (AvgIpc) is 2.74. The van der Waals surface area contributed by atoms with Crippen LogP contribution in [0.25, 0.3) is 22.3 Å². The predicted octanol–water partition coefficient (Wildman–Crippen LogP) is 3.59. The number of benzene rings is 2. The highest BCUT2D eigenvalue weighted by Crippen LogP contribution is 2.28. The van der Waals surface area contributed by atoms with Gasteiger partial charge in [-0.2, -0.15) is 0 Å². The van der Waals surface area contributed by atoms with Crippen molar-refractivity contribution < 1.29 is 9.47 Å². The average molecular weight is 373 g/mol. The van der Waals surface area contributed by atoms with Gasteiger partial charge in [0.2, 0.25) is 0 Å². The molecule has 0 fully saturated rings. The second-order valence-electron chi connectivity index (χ2n) is 6.37. The van der Waals surface area contributed by atoms with Gasteiger partial charge in [-0.05, 0) is 23.6 Å². The van der Waals surface area contributed by atoms with Gasteiger partial charge in [0.1, 0.15) is 22.7 Å². The summed E-state index contributed by atoms with van der Waals surface area (Å²) >= 11 is 0. The minimum Gasteiger partial charge on any atom is -0.497 e. The maximum absolute atomic E-state index is 12.6. The molecule has 0 amide bonds. The zero-order valence-electron chi connectivity index (χ0n) is 15.6. The van der Waals surface area contributed by atoms with Gasteiger partial charge in [0, 0.05) is 30.1 Å². The summed E-state index contributed by atoms with van der Waals surface area (Å²) in [6.45, 7) is 0. The summed E-state index contributed by atoms with van der Waals surface area (Å²) in [5.74, 6) is 1.52. The lowest BCUT2D eigenvalue weighted by molar-refractivity contribution is 0.397. The summed E-state index contributed by atoms with van der Waals surface area (Å²) in [6, 6.07) is 15.3. The van der Waals surface area contributed by atoms with Gasteiger partial charge in [-0.3, -0.25) is 9.78 Å². The number of aromatic amines is 1. The summed E-state index contributed by atoms with van der Waals surface area (Å²) in [7, 11) is 3.08. The quantitative estimate of drug-likeness (QED) is 0.578. The molecule has 4 aromatic rings. The smallest absolute Gasteiger partial charge is 0.262 e. The van der Waals surface area contributed by atoms with Crippen LogP contribution in [0.1, 0.15) is 11.1 Å². The van der Waals surface area contributed by atoms with E-state index < -0.39 is 0 Å². The summed E-state index contributed by atoms with van der Waals surface area (Å²) in [6.07, 6.45) is 4.42. The van der Waals surface area contributed by atoms with Crippen molar-refractivity contribution in [2.45, 2.75) is 6.42 Å². The van der Waals surface area contributed by atoms with E-state index in [1.54, 1.807) is 25.4 Å². The second-order valence-corrected chi connectivity index (χ2v) is 6.37. The van der Waals surface area contributed by atoms with Crippen molar-refractivity contribution in [3.8, 4) is 22.9 Å². The van der Waals surface area contributed by atoms with Gasteiger partial charge in [-0.1, -0.05) is 30.3 Å². The Labute approximate surface area is 161 Å². The molecule has 1 N–H and O–H groups in total. The first-order chi connectivity index (χ1) is 13.7. The Bertz CT molecular complexity index is 1170. The lowest BCUT2D eigenvalue weighted by Gasteiger charge is -2.09. The molecule has 6 heteroatoms. The van der Waals surface area contributed by atoms with Crippen LogP contribution in [-0.2, 0) is 6.42 Å². The maximum Gasteiger partial charge on any atom is 0.262 e. The molecule has 2 heterocycles. The summed E-state index contributed by atoms with van der Waals surface area (Å²) in [5.41, 5.74) is 3.40. The number of ether oxygens (including phenoxy) is 2. The van der Waals surface area contributed by atoms with Crippen LogP contribution in [0.5, 0.6) is 11.5 Å². The van der Waals surface area contributed by atoms with E-state index in [9.17, 15) is 4.79 Å². The van der Waals surface area contributed by atoms with Gasteiger partial charge < -0.3 is 14.5 Å². The molecule has 0 spiro atoms. The van der Waals surface area contributed by atoms with E-state index in [0.29, 0.717) is 28.2 Å². The molecule has 0 atom stereocenters. The third-order valence-electron chi connectivity index (χ3n) is 4.56. The molecule has 4 rings (SSSR count). The Balaban J connectivity index is 1.71. The molecule has 28 heavy (non-hydrogen) atoms. The van der Waals surface area contributed by atoms with Crippen molar-refractivity contribution in [3.63, 3.8) is 0 Å². The maximum atomic E-state index is 12.6. The van der Waals surface area contributed by atoms with Gasteiger partial charge in [0.05, 0.1) is 19.7 Å². The predicted molar refractivity (Wildman–Crippen MR) is 108 cm³/mol. The van der Waals surface area contributed by atoms with Crippen LogP contribution < -0.4 is 15.0 Å². The Morgan fingerprint density at radius 3 is 2.50 bits per heavy atom. The molecule has 0 aliphatic carbocycles. The van der Waals surface area contributed by atoms with Gasteiger partial charge in [-0.25, -0.2) is 4.98 Å². The lowest BCUT2D eigenvalue weighted by Crippen LogP contribution is -2.11. The van der Waals surface area contributed by atoms with Crippen molar-refractivity contribution >= 4 is 10.9 Å². The third-order valence-corrected chi connectivity index (χ3v) is 4.56. The normalized spacial score (nSPS) is 10.8. The van der Waals surface area contributed by atoms with Crippen LogP contribution in [0.2, 0.25) is 0 Å². The van der Waals surface area contributed by atoms with E-state index in [2.05, 4.69) is 15.0 Å². The summed E-state index contributed by atoms with van der Waals surface area (Å²) in [5, 5.41) is 0.403. The van der Waals surface area contributed by atoms with E-state index in [-0.39, 0.29) is 5.56 Å². The van der Waals surface area contributed by atoms with Crippen molar-refractivity contribution in [1.82, 2.24) is 15.0 Å². The largest absolute Gasteiger partial charge is 0.497 e. The molecule has 2 aromatic heterocycles. The minimum atomic E-state index is -0.251. The number of fused-ring (bicyclic) bond motifs is 1. The van der Waals surface area contributed by atoms with Crippen LogP contribution in [0, 0.1) is 0 Å². The summed E-state index contributed by atoms with van der Waals surface area (Å²) < 4.78 is 10.6. The number of nitrogens with one attached hydrogen (secondary N) is 1. The fraction of sp³-hybridized carbons (Fsp3) is 0.136. The molecule has 6 nitrogen and oxygen atoms in total. The van der Waals surface area contributed by atoms with Crippen LogP contribution in [0.4, 0.5) is 0 Å². The summed E-state index contributed by atoms with van der Waals surface area (Å²) in [4.78, 5) is 24.2. The topological polar surface area (TPSA) is 77.1 Å². The first kappa shape index (κ1) is 17.7. The Kier molecular flexibility index (Phi) is 4.76. The highest BCUT2D eigenvalue weighted by molar-refractivity contribution is 5.87. The van der Waals surface area contributed by atoms with Crippen molar-refractivity contribution in [3.05, 3.63) is 82.4 Å². The molecule has 0 aliphatic heterocycles. The number of hydrogen-bond acceptors (Lipinski definition) is 5. The van der Waals surface area contributed by atoms with Gasteiger partial charge in [0.25, 0.3) is 5.56 Å². The number of pyridine rings is 1. The molecule has 0 unspecified atom stereocenters. The van der Waals surface area contributed by atoms with Crippen LogP contribution in [-0.4, -0.2) is 29.2 Å². The van der Waals surface area contributed by atoms with E-state index in [0.717, 1.165) is 23.1 Å². The Morgan fingerprint density at radius 2 is 1.82 bits per heavy atom. The molecule has 0 bridgehead atoms. The van der Waals surface area contributed by atoms with Crippen LogP contribution in [0.3, 0.4) is 0 Å². The van der Waals surface area contributed by atoms with Gasteiger partial charge in [-0.15, -0.1) is 0 Å². The SMILES string of the molecule is COc1cc(OC)c2c(=O)[nH]c(-c3ccc(Cc4cccnc4)cc3)nc2c1. The Hall–Kier alpha value is -3.67. The molecular formula is C22H19N3O3. The molecule has 0 saturated carbocycles. The van der Waals surface area contributed by atoms with Crippen molar-refractivity contribution in [2.24, 2.45) is 0 Å². The first-order valence-corrected chi connectivity index (χ1v) is 8.82. The second kappa shape index (κ2) is 7.52. The molecule has 140 valence electrons. The van der Waals surface area contributed by atoms with Gasteiger partial charge >= 0.3 is 0 Å². The molecule has 0 saturated heterocycles. The zero-order chi connectivity index (χ0) is 19.5. The van der Waals surface area contributed by atoms with E-state index in [1.807, 2.05) is 42.6 Å². The minimum absolute atomic E-state index is 0.251. The molecule has 0 aliphatic rings. The standard InChI is InChI=1S/C22H19N3O3/c1-27-17-11-18-20(19(12-17)28-2)22(26)25-21(24-18)16-7-5-14(6-8-16)10-15-4-3-9-23-13-15/h3-9,11-13H,10H2,1-2H3,(H,24,25,26). The number of methoxy groups -OCH3 is 2. The molecular weight excluding hydrogens is 354 g/mol. The number of rotatable bonds is 5. The van der Waals surface area contributed by atoms with E-state index in [1.165, 1.54) is 7.11 Å². The third kappa shape index (κ3) is 3.44. The fourth-order valence-electron chi connectivity index (χ4n) is 3.15. The molecule has 2 aromatic carbocycles. The van der Waals surface area contributed by atoms with Crippen LogP contribution in [0.15, 0.2) is 65.7 Å². The number of H-pyrrole nitrogens is 1. The highest BCUT2D eigenvalue weighted by Gasteiger charge is 2.13. The lowest BCUT2D eigenvalue weighted by atomic mass is 10.0. The van der Waals surface area contributed by atoms with Gasteiger partial charge in [0.15, 0.2) is 0 Å². The highest BCUT2D eigenvalue weighted by atomic mass is 16.5. The monoisotopic (exact) mass is 373 g/mol. The number of hydrogen-bond donors (Lipinski definition) is 1. The number of aromatic nitrogens is 3. The van der Waals surface area contributed by atoms with Crippen molar-refractivity contribution in [1.29, 1.82) is 0 Å². The molecule has 0 radical (unpaired) electrons. The Morgan fingerprint density at radius 1 is 1.00 bits per heavy atom. The first-order valence-electron chi connectivity index (χ1n) is 8.82. The van der Waals surface area contributed by atoms with Crippen LogP contribution >= 0.6 is 0 Å². The van der Waals surface area contributed by atoms with E-state index >= 15 is 0 Å². The number of nitrogens with zero attached hydrogens (tertiary/aromatic N) is 2. The van der Waals surface area contributed by atoms with E-state index in [4.69, 9.17) is 9.47 Å². The zero-order valence-corrected chi connectivity index (χ0v) is 15.6. The fourth-order valence-corrected chi connectivity index (χ4v) is 3.15.